The molecule has 1 heterocycles. The van der Waals surface area contributed by atoms with E-state index in [-0.39, 0.29) is 19.1 Å². The molecule has 0 N–H and O–H groups in total. The van der Waals surface area contributed by atoms with E-state index in [2.05, 4.69) is 8.37 Å². The van der Waals surface area contributed by atoms with Crippen LogP contribution in [0.15, 0.2) is 0 Å². The quantitative estimate of drug-likeness (QED) is 0.364. The Morgan fingerprint density at radius 1 is 1.58 bits per heavy atom. The summed E-state index contributed by atoms with van der Waals surface area (Å²) in [6, 6.07) is 0. The molecule has 1 saturated heterocycles. The van der Waals surface area contributed by atoms with Crippen molar-refractivity contribution in [2.75, 3.05) is 19.1 Å². The lowest BCUT2D eigenvalue weighted by molar-refractivity contribution is -0.570. The zero-order valence-electron chi connectivity index (χ0n) is 5.90. The number of hydrogen-bond donors (Lipinski definition) is 0. The maximum atomic E-state index is 10.5. The summed E-state index contributed by atoms with van der Waals surface area (Å²) in [5.74, 6) is -0.225. The van der Waals surface area contributed by atoms with Crippen LogP contribution in [-0.2, 0) is 19.7 Å². The Labute approximate surface area is 75.8 Å². The lowest BCUT2D eigenvalue weighted by atomic mass is 10.1. The lowest BCUT2D eigenvalue weighted by Gasteiger charge is -2.25. The summed E-state index contributed by atoms with van der Waals surface area (Å²) in [5, 5.41) is 10.5. The summed E-state index contributed by atoms with van der Waals surface area (Å²) >= 11 is 3.51. The Morgan fingerprint density at radius 2 is 2.08 bits per heavy atom. The average molecular weight is 216 g/mol. The molecule has 0 spiro atoms. The first kappa shape index (κ1) is 9.85. The molecule has 8 heteroatoms. The van der Waals surface area contributed by atoms with Gasteiger partial charge in [0.05, 0.1) is 5.88 Å². The summed E-state index contributed by atoms with van der Waals surface area (Å²) in [6.07, 6.45) is 0. The molecule has 1 rings (SSSR count). The fourth-order valence-electron chi connectivity index (χ4n) is 0.623. The van der Waals surface area contributed by atoms with Crippen molar-refractivity contribution < 1.29 is 17.5 Å². The van der Waals surface area contributed by atoms with Crippen LogP contribution in [0.2, 0.25) is 0 Å². The molecule has 1 aliphatic rings. The second-order valence-electron chi connectivity index (χ2n) is 2.34. The van der Waals surface area contributed by atoms with Crippen LogP contribution in [0, 0.1) is 10.1 Å². The number of nitro groups is 1. The van der Waals surface area contributed by atoms with Crippen LogP contribution in [0.3, 0.4) is 0 Å². The van der Waals surface area contributed by atoms with Crippen molar-refractivity contribution in [1.82, 2.24) is 0 Å². The molecule has 0 aromatic rings. The highest BCUT2D eigenvalue weighted by molar-refractivity contribution is 7.75. The van der Waals surface area contributed by atoms with E-state index in [0.717, 1.165) is 0 Å². The standard InChI is InChI=1S/C4H6ClNO5S/c5-1-4(6(7)8)2-10-12(9)11-3-4/h1-3H2. The minimum Gasteiger partial charge on any atom is -0.264 e. The molecular formula is C4H6ClNO5S. The van der Waals surface area contributed by atoms with Gasteiger partial charge in [0.25, 0.3) is 5.54 Å². The normalized spacial score (nSPS) is 36.2. The molecule has 12 heavy (non-hydrogen) atoms. The summed E-state index contributed by atoms with van der Waals surface area (Å²) in [7, 11) is 0. The largest absolute Gasteiger partial charge is 0.305 e. The molecule has 6 nitrogen and oxygen atoms in total. The summed E-state index contributed by atoms with van der Waals surface area (Å²) in [5.41, 5.74) is -1.45. The molecule has 0 bridgehead atoms. The summed E-state index contributed by atoms with van der Waals surface area (Å²) < 4.78 is 19.4. The Kier molecular flexibility index (Phi) is 2.99. The highest BCUT2D eigenvalue weighted by atomic mass is 35.5. The van der Waals surface area contributed by atoms with E-state index in [1.807, 2.05) is 0 Å². The Bertz CT molecular complexity index is 211. The minimum atomic E-state index is -1.87. The maximum Gasteiger partial charge on any atom is 0.305 e. The monoisotopic (exact) mass is 215 g/mol. The van der Waals surface area contributed by atoms with E-state index in [9.17, 15) is 14.3 Å². The summed E-state index contributed by atoms with van der Waals surface area (Å²) in [6.45, 7) is -0.563. The number of alkyl halides is 1. The average Bonchev–Trinajstić information content (AvgIpc) is 2.06. The molecule has 0 unspecified atom stereocenters. The molecule has 0 aromatic heterocycles. The van der Waals surface area contributed by atoms with Gasteiger partial charge < -0.3 is 0 Å². The van der Waals surface area contributed by atoms with Crippen LogP contribution in [0.5, 0.6) is 0 Å². The Hall–Kier alpha value is -0.240. The van der Waals surface area contributed by atoms with Gasteiger partial charge in [0.2, 0.25) is 0 Å². The Morgan fingerprint density at radius 3 is 2.42 bits per heavy atom. The number of halogens is 1. The van der Waals surface area contributed by atoms with Gasteiger partial charge in [-0.25, -0.2) is 0 Å². The second kappa shape index (κ2) is 3.65. The van der Waals surface area contributed by atoms with Gasteiger partial charge in [-0.15, -0.1) is 11.6 Å². The molecular weight excluding hydrogens is 210 g/mol. The van der Waals surface area contributed by atoms with Crippen molar-refractivity contribution >= 4 is 23.0 Å². The molecule has 0 radical (unpaired) electrons. The van der Waals surface area contributed by atoms with E-state index in [1.54, 1.807) is 0 Å². The first-order valence-electron chi connectivity index (χ1n) is 2.99. The zero-order valence-corrected chi connectivity index (χ0v) is 7.47. The lowest BCUT2D eigenvalue weighted by Crippen LogP contribution is -2.52. The third-order valence-corrected chi connectivity index (χ3v) is 2.60. The van der Waals surface area contributed by atoms with Gasteiger partial charge in [0.15, 0.2) is 0 Å². The van der Waals surface area contributed by atoms with E-state index in [1.165, 1.54) is 0 Å². The maximum absolute atomic E-state index is 10.5. The van der Waals surface area contributed by atoms with Crippen molar-refractivity contribution in [3.05, 3.63) is 10.1 Å². The van der Waals surface area contributed by atoms with Gasteiger partial charge in [-0.2, -0.15) is 4.21 Å². The van der Waals surface area contributed by atoms with Crippen LogP contribution in [-0.4, -0.2) is 33.8 Å². The molecule has 0 aliphatic carbocycles. The van der Waals surface area contributed by atoms with Crippen molar-refractivity contribution in [3.8, 4) is 0 Å². The van der Waals surface area contributed by atoms with Crippen molar-refractivity contribution in [1.29, 1.82) is 0 Å². The van der Waals surface area contributed by atoms with Crippen LogP contribution < -0.4 is 0 Å². The first-order valence-corrected chi connectivity index (χ1v) is 4.53. The highest BCUT2D eigenvalue weighted by Crippen LogP contribution is 2.19. The topological polar surface area (TPSA) is 78.7 Å². The molecule has 0 atom stereocenters. The van der Waals surface area contributed by atoms with Gasteiger partial charge in [-0.05, 0) is 0 Å². The van der Waals surface area contributed by atoms with Gasteiger partial charge >= 0.3 is 11.4 Å². The smallest absolute Gasteiger partial charge is 0.264 e. The van der Waals surface area contributed by atoms with Crippen LogP contribution >= 0.6 is 11.6 Å². The molecule has 1 aliphatic heterocycles. The molecule has 70 valence electrons. The number of hydrogen-bond acceptors (Lipinski definition) is 5. The third-order valence-electron chi connectivity index (χ3n) is 1.48. The number of nitrogens with zero attached hydrogens (tertiary/aromatic N) is 1. The third kappa shape index (κ3) is 1.74. The van der Waals surface area contributed by atoms with Crippen molar-refractivity contribution in [2.45, 2.75) is 5.54 Å². The SMILES string of the molecule is O=[N+]([O-])C1(CCl)COS(=O)OC1. The predicted molar refractivity (Wildman–Crippen MR) is 40.5 cm³/mol. The molecule has 0 saturated carbocycles. The summed E-state index contributed by atoms with van der Waals surface area (Å²) in [4.78, 5) is 9.90. The Balaban J connectivity index is 2.69. The van der Waals surface area contributed by atoms with Crippen LogP contribution in [0.1, 0.15) is 0 Å². The molecule has 0 aromatic carbocycles. The van der Waals surface area contributed by atoms with Crippen molar-refractivity contribution in [3.63, 3.8) is 0 Å². The van der Waals surface area contributed by atoms with Gasteiger partial charge in [0, 0.05) is 4.92 Å². The zero-order chi connectivity index (χ0) is 9.19. The number of rotatable bonds is 2. The van der Waals surface area contributed by atoms with Crippen LogP contribution in [0.4, 0.5) is 0 Å². The van der Waals surface area contributed by atoms with Gasteiger partial charge in [0.1, 0.15) is 13.2 Å². The fraction of sp³-hybridized carbons (Fsp3) is 1.00. The van der Waals surface area contributed by atoms with Gasteiger partial charge in [-0.1, -0.05) is 0 Å². The fourth-order valence-corrected chi connectivity index (χ4v) is 1.57. The van der Waals surface area contributed by atoms with E-state index in [0.29, 0.717) is 0 Å². The predicted octanol–water partition coefficient (Wildman–Crippen LogP) is -0.134. The second-order valence-corrected chi connectivity index (χ2v) is 3.49. The first-order chi connectivity index (χ1) is 5.60. The van der Waals surface area contributed by atoms with E-state index in [4.69, 9.17) is 11.6 Å². The minimum absolute atomic E-state index is 0.225. The van der Waals surface area contributed by atoms with Crippen LogP contribution in [0.25, 0.3) is 0 Å². The highest BCUT2D eigenvalue weighted by Gasteiger charge is 2.47. The van der Waals surface area contributed by atoms with Gasteiger partial charge in [-0.3, -0.25) is 18.5 Å². The van der Waals surface area contributed by atoms with Crippen molar-refractivity contribution in [2.24, 2.45) is 0 Å². The van der Waals surface area contributed by atoms with E-state index >= 15 is 0 Å². The van der Waals surface area contributed by atoms with E-state index < -0.39 is 21.8 Å². The molecule has 1 fully saturated rings. The molecule has 0 amide bonds.